The first-order valence-corrected chi connectivity index (χ1v) is 18.0. The summed E-state index contributed by atoms with van der Waals surface area (Å²) in [5.74, 6) is -0.211. The highest BCUT2D eigenvalue weighted by atomic mass is 32.2. The minimum absolute atomic E-state index is 0.120. The van der Waals surface area contributed by atoms with Crippen LogP contribution in [0.2, 0.25) is 0 Å². The number of rotatable bonds is 6. The third kappa shape index (κ3) is 6.45. The molecule has 1 saturated heterocycles. The Balaban J connectivity index is 1.28. The lowest BCUT2D eigenvalue weighted by atomic mass is 9.91. The Labute approximate surface area is 270 Å². The van der Waals surface area contributed by atoms with Gasteiger partial charge in [0.2, 0.25) is 27.7 Å². The van der Waals surface area contributed by atoms with Gasteiger partial charge in [-0.05, 0) is 56.4 Å². The molecule has 2 aromatic rings. The van der Waals surface area contributed by atoms with E-state index in [0.29, 0.717) is 30.4 Å². The van der Waals surface area contributed by atoms with E-state index in [1.165, 1.54) is 0 Å². The summed E-state index contributed by atoms with van der Waals surface area (Å²) in [6.45, 7) is 4.42. The standard InChI is InChI=1S/C34H44N4O7S/c1-21-9-4-5-10-23-18-34(23,33(41)37-46(42,43)25-11-8-12-25)36-31(40)28-17-24(20-38(28)30(39)16-22(2)15-21)45-32-27-14-7-6-13-26(27)29(44-3)19-35-32/h5-7,10,13-14,19,21-25,28H,4,8-9,11-12,15-18,20H2,1-3H3,(H,36,40)(H,37,41)/b10-5-/t21-,22+,23+,24+,28-,34+/m0/s1. The van der Waals surface area contributed by atoms with E-state index in [1.807, 2.05) is 36.4 Å². The van der Waals surface area contributed by atoms with E-state index in [2.05, 4.69) is 28.9 Å². The molecule has 11 nitrogen and oxygen atoms in total. The van der Waals surface area contributed by atoms with Crippen LogP contribution in [0.25, 0.3) is 10.8 Å². The SMILES string of the molecule is COc1cnc(O[C@@H]2C[C@H]3C(=O)N[C@]4(C(=O)NS(=O)(=O)C5CCC5)C[C@H]4/C=C\CC[C@H](C)C[C@@H](C)CC(=O)N3C2)c2ccccc12. The lowest BCUT2D eigenvalue weighted by molar-refractivity contribution is -0.140. The number of sulfonamides is 1. The van der Waals surface area contributed by atoms with Gasteiger partial charge in [-0.3, -0.25) is 19.1 Å². The number of nitrogens with zero attached hydrogens (tertiary/aromatic N) is 2. The summed E-state index contributed by atoms with van der Waals surface area (Å²) in [6, 6.07) is 6.68. The average molecular weight is 653 g/mol. The number of hydrogen-bond donors (Lipinski definition) is 2. The summed E-state index contributed by atoms with van der Waals surface area (Å²) in [4.78, 5) is 47.5. The van der Waals surface area contributed by atoms with Crippen LogP contribution in [0.5, 0.6) is 11.6 Å². The Morgan fingerprint density at radius 1 is 1.09 bits per heavy atom. The molecule has 2 N–H and O–H groups in total. The van der Waals surface area contributed by atoms with Crippen molar-refractivity contribution < 1.29 is 32.3 Å². The summed E-state index contributed by atoms with van der Waals surface area (Å²) < 4.78 is 39.9. The van der Waals surface area contributed by atoms with Crippen molar-refractivity contribution in [3.63, 3.8) is 0 Å². The molecular formula is C34H44N4O7S. The third-order valence-corrected chi connectivity index (χ3v) is 11.9. The average Bonchev–Trinajstić information content (AvgIpc) is 3.50. The van der Waals surface area contributed by atoms with Gasteiger partial charge in [0, 0.05) is 29.5 Å². The molecular weight excluding hydrogens is 608 g/mol. The number of pyridine rings is 1. The Morgan fingerprint density at radius 2 is 1.85 bits per heavy atom. The van der Waals surface area contributed by atoms with Crippen LogP contribution in [0.3, 0.4) is 0 Å². The van der Waals surface area contributed by atoms with Crippen LogP contribution in [0.1, 0.15) is 71.6 Å². The molecule has 3 fully saturated rings. The summed E-state index contributed by atoms with van der Waals surface area (Å²) >= 11 is 0. The molecule has 1 aromatic heterocycles. The molecule has 3 amide bonds. The molecule has 1 aromatic carbocycles. The van der Waals surface area contributed by atoms with Gasteiger partial charge in [0.1, 0.15) is 23.4 Å². The number of carbonyl (C=O) groups excluding carboxylic acids is 3. The van der Waals surface area contributed by atoms with Gasteiger partial charge in [-0.15, -0.1) is 0 Å². The van der Waals surface area contributed by atoms with E-state index in [4.69, 9.17) is 9.47 Å². The molecule has 4 aliphatic rings. The fourth-order valence-electron chi connectivity index (χ4n) is 7.18. The molecule has 0 unspecified atom stereocenters. The minimum Gasteiger partial charge on any atom is -0.494 e. The van der Waals surface area contributed by atoms with Crippen molar-refractivity contribution in [1.29, 1.82) is 0 Å². The van der Waals surface area contributed by atoms with E-state index in [1.54, 1.807) is 18.2 Å². The highest BCUT2D eigenvalue weighted by molar-refractivity contribution is 7.90. The Hall–Kier alpha value is -3.67. The van der Waals surface area contributed by atoms with Crippen molar-refractivity contribution in [3.8, 4) is 11.6 Å². The largest absolute Gasteiger partial charge is 0.494 e. The van der Waals surface area contributed by atoms with Crippen LogP contribution in [0.15, 0.2) is 42.6 Å². The van der Waals surface area contributed by atoms with Crippen molar-refractivity contribution in [2.45, 2.75) is 94.6 Å². The first-order valence-electron chi connectivity index (χ1n) is 16.4. The van der Waals surface area contributed by atoms with E-state index >= 15 is 0 Å². The zero-order valence-electron chi connectivity index (χ0n) is 26.7. The summed E-state index contributed by atoms with van der Waals surface area (Å²) in [5.41, 5.74) is -1.40. The summed E-state index contributed by atoms with van der Waals surface area (Å²) in [6.07, 6.45) is 10.2. The molecule has 46 heavy (non-hydrogen) atoms. The number of aromatic nitrogens is 1. The number of benzene rings is 1. The van der Waals surface area contributed by atoms with Gasteiger partial charge in [0.25, 0.3) is 5.91 Å². The number of amides is 3. The molecule has 6 atom stereocenters. The fourth-order valence-corrected chi connectivity index (χ4v) is 8.74. The van der Waals surface area contributed by atoms with Crippen molar-refractivity contribution in [1.82, 2.24) is 19.9 Å². The highest BCUT2D eigenvalue weighted by Gasteiger charge is 2.62. The van der Waals surface area contributed by atoms with Crippen molar-refractivity contribution in [2.75, 3.05) is 13.7 Å². The fraction of sp³-hybridized carbons (Fsp3) is 0.588. The second-order valence-electron chi connectivity index (χ2n) is 13.7. The molecule has 2 saturated carbocycles. The lowest BCUT2D eigenvalue weighted by Crippen LogP contribution is -2.57. The zero-order valence-corrected chi connectivity index (χ0v) is 27.6. The number of nitrogens with one attached hydrogen (secondary N) is 2. The second kappa shape index (κ2) is 12.8. The Bertz CT molecular complexity index is 1640. The number of fused-ring (bicyclic) bond motifs is 3. The first kappa shape index (κ1) is 32.3. The van der Waals surface area contributed by atoms with E-state index in [0.717, 1.165) is 36.5 Å². The number of carbonyl (C=O) groups is 3. The molecule has 2 aliphatic carbocycles. The topological polar surface area (TPSA) is 144 Å². The van der Waals surface area contributed by atoms with Crippen LogP contribution in [0.4, 0.5) is 0 Å². The molecule has 6 rings (SSSR count). The smallest absolute Gasteiger partial charge is 0.259 e. The van der Waals surface area contributed by atoms with Crippen LogP contribution in [-0.4, -0.2) is 72.6 Å². The molecule has 2 aliphatic heterocycles. The monoisotopic (exact) mass is 652 g/mol. The van der Waals surface area contributed by atoms with Crippen LogP contribution in [-0.2, 0) is 24.4 Å². The zero-order chi connectivity index (χ0) is 32.6. The predicted octanol–water partition coefficient (Wildman–Crippen LogP) is 3.87. The Morgan fingerprint density at radius 3 is 2.57 bits per heavy atom. The predicted molar refractivity (Wildman–Crippen MR) is 172 cm³/mol. The van der Waals surface area contributed by atoms with Gasteiger partial charge in [-0.25, -0.2) is 13.4 Å². The molecule has 248 valence electrons. The number of ether oxygens (including phenoxy) is 2. The van der Waals surface area contributed by atoms with Crippen molar-refractivity contribution in [2.24, 2.45) is 17.8 Å². The number of hydrogen-bond acceptors (Lipinski definition) is 8. The third-order valence-electron chi connectivity index (χ3n) is 10.1. The van der Waals surface area contributed by atoms with E-state index < -0.39 is 44.8 Å². The van der Waals surface area contributed by atoms with Gasteiger partial charge < -0.3 is 19.7 Å². The molecule has 0 radical (unpaired) electrons. The van der Waals surface area contributed by atoms with Gasteiger partial charge in [-0.2, -0.15) is 0 Å². The lowest BCUT2D eigenvalue weighted by Gasteiger charge is -2.29. The molecule has 12 heteroatoms. The second-order valence-corrected chi connectivity index (χ2v) is 15.6. The van der Waals surface area contributed by atoms with Crippen molar-refractivity contribution >= 4 is 38.5 Å². The summed E-state index contributed by atoms with van der Waals surface area (Å²) in [5, 5.41) is 3.92. The van der Waals surface area contributed by atoms with Gasteiger partial charge in [-0.1, -0.05) is 50.6 Å². The van der Waals surface area contributed by atoms with Gasteiger partial charge in [0.05, 0.1) is 25.1 Å². The maximum absolute atomic E-state index is 14.1. The minimum atomic E-state index is -3.85. The van der Waals surface area contributed by atoms with Crippen LogP contribution in [0, 0.1) is 17.8 Å². The Kier molecular flexibility index (Phi) is 9.02. The normalized spacial score (nSPS) is 31.4. The van der Waals surface area contributed by atoms with Crippen molar-refractivity contribution in [3.05, 3.63) is 42.6 Å². The number of methoxy groups -OCH3 is 1. The summed E-state index contributed by atoms with van der Waals surface area (Å²) in [7, 11) is -2.27. The molecule has 3 heterocycles. The van der Waals surface area contributed by atoms with E-state index in [-0.39, 0.29) is 43.6 Å². The number of allylic oxidation sites excluding steroid dienone is 1. The highest BCUT2D eigenvalue weighted by Crippen LogP contribution is 2.46. The van der Waals surface area contributed by atoms with Crippen LogP contribution >= 0.6 is 0 Å². The van der Waals surface area contributed by atoms with E-state index in [9.17, 15) is 22.8 Å². The van der Waals surface area contributed by atoms with Crippen LogP contribution < -0.4 is 19.5 Å². The maximum atomic E-state index is 14.1. The van der Waals surface area contributed by atoms with Gasteiger partial charge in [0.15, 0.2) is 0 Å². The maximum Gasteiger partial charge on any atom is 0.259 e. The first-order chi connectivity index (χ1) is 22.0. The quantitative estimate of drug-likeness (QED) is 0.448. The molecule has 0 bridgehead atoms. The van der Waals surface area contributed by atoms with Gasteiger partial charge >= 0.3 is 0 Å². The molecule has 0 spiro atoms.